The predicted octanol–water partition coefficient (Wildman–Crippen LogP) is 2.00. The lowest BCUT2D eigenvalue weighted by atomic mass is 10.2. The number of nitrogens with zero attached hydrogens (tertiary/aromatic N) is 3. The van der Waals surface area contributed by atoms with Crippen molar-refractivity contribution in [2.24, 2.45) is 0 Å². The van der Waals surface area contributed by atoms with Gasteiger partial charge in [0.1, 0.15) is 5.76 Å². The van der Waals surface area contributed by atoms with Crippen LogP contribution in [-0.2, 0) is 0 Å². The fourth-order valence-electron chi connectivity index (χ4n) is 1.75. The molecular formula is C12H9N3O3. The van der Waals surface area contributed by atoms with Gasteiger partial charge in [0.25, 0.3) is 0 Å². The van der Waals surface area contributed by atoms with E-state index < -0.39 is 5.97 Å². The van der Waals surface area contributed by atoms with Crippen molar-refractivity contribution in [2.45, 2.75) is 6.92 Å². The molecule has 0 spiro atoms. The van der Waals surface area contributed by atoms with Crippen LogP contribution in [0.1, 0.15) is 16.1 Å². The number of aromatic carboxylic acids is 1. The highest BCUT2D eigenvalue weighted by Crippen LogP contribution is 2.21. The Morgan fingerprint density at radius 2 is 2.17 bits per heavy atom. The smallest absolute Gasteiger partial charge is 0.335 e. The number of hydrogen-bond acceptors (Lipinski definition) is 4. The maximum absolute atomic E-state index is 10.8. The molecule has 3 aromatic rings. The third-order valence-corrected chi connectivity index (χ3v) is 2.62. The second kappa shape index (κ2) is 3.69. The zero-order valence-corrected chi connectivity index (χ0v) is 9.49. The molecule has 0 bridgehead atoms. The van der Waals surface area contributed by atoms with E-state index in [0.717, 1.165) is 5.76 Å². The first-order chi connectivity index (χ1) is 8.65. The van der Waals surface area contributed by atoms with Crippen molar-refractivity contribution in [3.63, 3.8) is 0 Å². The van der Waals surface area contributed by atoms with Gasteiger partial charge in [-0.3, -0.25) is 4.40 Å². The number of carbonyl (C=O) groups is 1. The molecule has 0 radical (unpaired) electrons. The number of pyridine rings is 1. The first kappa shape index (κ1) is 10.5. The summed E-state index contributed by atoms with van der Waals surface area (Å²) < 4.78 is 7.16. The predicted molar refractivity (Wildman–Crippen MR) is 62.4 cm³/mol. The highest BCUT2D eigenvalue weighted by molar-refractivity contribution is 5.88. The number of carboxylic acids is 1. The topological polar surface area (TPSA) is 80.6 Å². The van der Waals surface area contributed by atoms with Crippen molar-refractivity contribution in [2.75, 3.05) is 0 Å². The van der Waals surface area contributed by atoms with Crippen LogP contribution in [0.4, 0.5) is 0 Å². The molecule has 0 saturated carbocycles. The van der Waals surface area contributed by atoms with Gasteiger partial charge in [0.05, 0.1) is 5.56 Å². The lowest BCUT2D eigenvalue weighted by Crippen LogP contribution is -1.97. The summed E-state index contributed by atoms with van der Waals surface area (Å²) in [5.74, 6) is 0.943. The maximum atomic E-state index is 10.8. The molecule has 0 atom stereocenters. The fourth-order valence-corrected chi connectivity index (χ4v) is 1.75. The second-order valence-electron chi connectivity index (χ2n) is 3.88. The minimum absolute atomic E-state index is 0.178. The van der Waals surface area contributed by atoms with Gasteiger partial charge in [0, 0.05) is 6.20 Å². The van der Waals surface area contributed by atoms with Crippen molar-refractivity contribution in [1.29, 1.82) is 0 Å². The van der Waals surface area contributed by atoms with Crippen LogP contribution >= 0.6 is 0 Å². The van der Waals surface area contributed by atoms with Gasteiger partial charge >= 0.3 is 5.97 Å². The average molecular weight is 243 g/mol. The number of hydrogen-bond donors (Lipinski definition) is 1. The Morgan fingerprint density at radius 1 is 1.33 bits per heavy atom. The van der Waals surface area contributed by atoms with Crippen LogP contribution < -0.4 is 0 Å². The number of aryl methyl sites for hydroxylation is 1. The van der Waals surface area contributed by atoms with Crippen molar-refractivity contribution in [1.82, 2.24) is 14.6 Å². The average Bonchev–Trinajstić information content (AvgIpc) is 2.93. The van der Waals surface area contributed by atoms with Gasteiger partial charge in [-0.05, 0) is 31.2 Å². The fraction of sp³-hybridized carbons (Fsp3) is 0.0833. The summed E-state index contributed by atoms with van der Waals surface area (Å²) in [4.78, 5) is 10.8. The Kier molecular flexibility index (Phi) is 2.16. The summed E-state index contributed by atoms with van der Waals surface area (Å²) in [5, 5.41) is 16.8. The lowest BCUT2D eigenvalue weighted by Gasteiger charge is -1.98. The van der Waals surface area contributed by atoms with Gasteiger partial charge < -0.3 is 9.52 Å². The number of carboxylic acid groups (broad SMARTS) is 1. The highest BCUT2D eigenvalue weighted by Gasteiger charge is 2.13. The zero-order valence-electron chi connectivity index (χ0n) is 9.49. The summed E-state index contributed by atoms with van der Waals surface area (Å²) in [6, 6.07) is 6.60. The number of rotatable bonds is 2. The van der Waals surface area contributed by atoms with Crippen LogP contribution in [0.3, 0.4) is 0 Å². The third-order valence-electron chi connectivity index (χ3n) is 2.62. The summed E-state index contributed by atoms with van der Waals surface area (Å²) in [5.41, 5.74) is 0.649. The van der Waals surface area contributed by atoms with Crippen LogP contribution in [0, 0.1) is 6.92 Å². The van der Waals surface area contributed by atoms with Crippen LogP contribution in [-0.4, -0.2) is 25.7 Å². The molecule has 0 unspecified atom stereocenters. The van der Waals surface area contributed by atoms with Crippen LogP contribution in [0.15, 0.2) is 34.9 Å². The van der Waals surface area contributed by atoms with E-state index in [1.807, 2.05) is 13.0 Å². The van der Waals surface area contributed by atoms with Crippen molar-refractivity contribution >= 4 is 11.6 Å². The Balaban J connectivity index is 2.18. The molecule has 0 aliphatic carbocycles. The van der Waals surface area contributed by atoms with Gasteiger partial charge in [-0.25, -0.2) is 4.79 Å². The summed E-state index contributed by atoms with van der Waals surface area (Å²) in [6.45, 7) is 1.84. The summed E-state index contributed by atoms with van der Waals surface area (Å²) in [6.07, 6.45) is 1.62. The molecule has 3 rings (SSSR count). The van der Waals surface area contributed by atoms with Crippen molar-refractivity contribution < 1.29 is 14.3 Å². The van der Waals surface area contributed by atoms with Gasteiger partial charge in [0.15, 0.2) is 11.4 Å². The van der Waals surface area contributed by atoms with Crippen LogP contribution in [0.2, 0.25) is 0 Å². The Hall–Kier alpha value is -2.63. The Bertz CT molecular complexity index is 742. The molecule has 1 N–H and O–H groups in total. The molecule has 6 nitrogen and oxygen atoms in total. The van der Waals surface area contributed by atoms with Crippen molar-refractivity contribution in [3.05, 3.63) is 41.8 Å². The Morgan fingerprint density at radius 3 is 2.83 bits per heavy atom. The quantitative estimate of drug-likeness (QED) is 0.744. The minimum atomic E-state index is -0.990. The molecule has 0 saturated heterocycles. The molecule has 0 aliphatic heterocycles. The van der Waals surface area contributed by atoms with E-state index in [1.165, 1.54) is 12.1 Å². The summed E-state index contributed by atoms with van der Waals surface area (Å²) >= 11 is 0. The molecule has 0 amide bonds. The molecule has 90 valence electrons. The molecular weight excluding hydrogens is 234 g/mol. The van der Waals surface area contributed by atoms with Gasteiger partial charge in [0.2, 0.25) is 5.82 Å². The lowest BCUT2D eigenvalue weighted by molar-refractivity contribution is 0.0697. The monoisotopic (exact) mass is 243 g/mol. The van der Waals surface area contributed by atoms with E-state index in [2.05, 4.69) is 10.2 Å². The first-order valence-electron chi connectivity index (χ1n) is 5.30. The minimum Gasteiger partial charge on any atom is -0.478 e. The first-order valence-corrected chi connectivity index (χ1v) is 5.30. The molecule has 0 aliphatic rings. The van der Waals surface area contributed by atoms with Crippen molar-refractivity contribution in [3.8, 4) is 11.6 Å². The van der Waals surface area contributed by atoms with E-state index in [1.54, 1.807) is 16.7 Å². The standard InChI is InChI=1S/C12H9N3O3/c1-7-2-3-9(18-7)11-14-13-10-6-8(12(16)17)4-5-15(10)11/h2-6H,1H3,(H,16,17). The van der Waals surface area contributed by atoms with Crippen LogP contribution in [0.5, 0.6) is 0 Å². The van der Waals surface area contributed by atoms with Gasteiger partial charge in [-0.2, -0.15) is 0 Å². The number of fused-ring (bicyclic) bond motifs is 1. The van der Waals surface area contributed by atoms with E-state index in [4.69, 9.17) is 9.52 Å². The van der Waals surface area contributed by atoms with Gasteiger partial charge in [-0.15, -0.1) is 10.2 Å². The molecule has 6 heteroatoms. The van der Waals surface area contributed by atoms with Gasteiger partial charge in [-0.1, -0.05) is 0 Å². The molecule has 0 fully saturated rings. The normalized spacial score (nSPS) is 10.9. The summed E-state index contributed by atoms with van der Waals surface area (Å²) in [7, 11) is 0. The highest BCUT2D eigenvalue weighted by atomic mass is 16.4. The third kappa shape index (κ3) is 1.55. The SMILES string of the molecule is Cc1ccc(-c2nnc3cc(C(=O)O)ccn23)o1. The second-order valence-corrected chi connectivity index (χ2v) is 3.88. The Labute approximate surface area is 101 Å². The largest absolute Gasteiger partial charge is 0.478 e. The van der Waals surface area contributed by atoms with Crippen LogP contribution in [0.25, 0.3) is 17.2 Å². The van der Waals surface area contributed by atoms with E-state index >= 15 is 0 Å². The maximum Gasteiger partial charge on any atom is 0.335 e. The van der Waals surface area contributed by atoms with E-state index in [-0.39, 0.29) is 5.56 Å². The van der Waals surface area contributed by atoms with E-state index in [0.29, 0.717) is 17.2 Å². The molecule has 0 aromatic carbocycles. The molecule has 3 heterocycles. The number of aromatic nitrogens is 3. The number of furan rings is 1. The molecule has 3 aromatic heterocycles. The zero-order chi connectivity index (χ0) is 12.7. The molecule has 18 heavy (non-hydrogen) atoms. The van der Waals surface area contributed by atoms with E-state index in [9.17, 15) is 4.79 Å².